The number of ether oxygens (including phenoxy) is 1. The molecule has 3 heterocycles. The summed E-state index contributed by atoms with van der Waals surface area (Å²) in [6, 6.07) is 3.65. The molecule has 1 aliphatic rings. The van der Waals surface area contributed by atoms with Crippen LogP contribution in [0.5, 0.6) is 0 Å². The molecule has 8 nitrogen and oxygen atoms in total. The predicted octanol–water partition coefficient (Wildman–Crippen LogP) is 0.204. The van der Waals surface area contributed by atoms with Crippen LogP contribution in [0.1, 0.15) is 5.56 Å². The molecule has 0 atom stereocenters. The highest BCUT2D eigenvalue weighted by molar-refractivity contribution is 5.74. The number of aromatic nitrogens is 4. The Morgan fingerprint density at radius 3 is 3.00 bits per heavy atom. The Bertz CT molecular complexity index is 594. The summed E-state index contributed by atoms with van der Waals surface area (Å²) in [4.78, 5) is 22.0. The van der Waals surface area contributed by atoms with E-state index in [1.807, 2.05) is 12.1 Å². The summed E-state index contributed by atoms with van der Waals surface area (Å²) in [5.74, 6) is 0.664. The van der Waals surface area contributed by atoms with E-state index >= 15 is 0 Å². The minimum Gasteiger partial charge on any atom is -0.378 e. The van der Waals surface area contributed by atoms with Crippen molar-refractivity contribution in [1.82, 2.24) is 30.0 Å². The van der Waals surface area contributed by atoms with Gasteiger partial charge >= 0.3 is 6.03 Å². The lowest BCUT2D eigenvalue weighted by Gasteiger charge is -2.27. The number of amides is 2. The number of carbonyl (C=O) groups excluding carboxylic acids is 1. The third kappa shape index (κ3) is 3.16. The Labute approximate surface area is 121 Å². The van der Waals surface area contributed by atoms with Gasteiger partial charge in [0.15, 0.2) is 5.82 Å². The predicted molar refractivity (Wildman–Crippen MR) is 73.8 cm³/mol. The summed E-state index contributed by atoms with van der Waals surface area (Å²) < 4.78 is 6.81. The Hall–Kier alpha value is -2.48. The molecule has 8 heteroatoms. The summed E-state index contributed by atoms with van der Waals surface area (Å²) in [7, 11) is 0. The van der Waals surface area contributed by atoms with Crippen molar-refractivity contribution in [1.29, 1.82) is 0 Å². The van der Waals surface area contributed by atoms with Crippen molar-refractivity contribution in [3.63, 3.8) is 0 Å². The largest absolute Gasteiger partial charge is 0.378 e. The molecule has 0 aliphatic carbocycles. The number of rotatable bonds is 3. The number of hydrogen-bond acceptors (Lipinski definition) is 5. The van der Waals surface area contributed by atoms with Gasteiger partial charge < -0.3 is 15.0 Å². The molecule has 110 valence electrons. The van der Waals surface area contributed by atoms with Crippen molar-refractivity contribution in [3.8, 4) is 5.82 Å². The summed E-state index contributed by atoms with van der Waals surface area (Å²) >= 11 is 0. The molecule has 1 saturated heterocycles. The number of nitrogens with zero attached hydrogens (tertiary/aromatic N) is 5. The number of pyridine rings is 1. The third-order valence-electron chi connectivity index (χ3n) is 3.23. The maximum absolute atomic E-state index is 12.1. The minimum absolute atomic E-state index is 0.0910. The van der Waals surface area contributed by atoms with Gasteiger partial charge in [-0.3, -0.25) is 0 Å². The Morgan fingerprint density at radius 2 is 2.24 bits per heavy atom. The number of morpholine rings is 1. The van der Waals surface area contributed by atoms with Crippen molar-refractivity contribution in [3.05, 3.63) is 36.5 Å². The molecular formula is C13H16N6O2. The third-order valence-corrected chi connectivity index (χ3v) is 3.23. The van der Waals surface area contributed by atoms with Gasteiger partial charge in [-0.05, 0) is 6.07 Å². The van der Waals surface area contributed by atoms with Gasteiger partial charge in [-0.2, -0.15) is 5.10 Å². The van der Waals surface area contributed by atoms with E-state index < -0.39 is 0 Å². The average Bonchev–Trinajstić information content (AvgIpc) is 3.08. The Morgan fingerprint density at radius 1 is 1.38 bits per heavy atom. The Kier molecular flexibility index (Phi) is 4.06. The molecule has 0 bridgehead atoms. The van der Waals surface area contributed by atoms with Gasteiger partial charge in [0.1, 0.15) is 12.7 Å². The Balaban J connectivity index is 1.66. The van der Waals surface area contributed by atoms with Gasteiger partial charge in [0.25, 0.3) is 0 Å². The molecule has 0 unspecified atom stereocenters. The van der Waals surface area contributed by atoms with Crippen molar-refractivity contribution in [2.75, 3.05) is 26.3 Å². The molecule has 0 radical (unpaired) electrons. The smallest absolute Gasteiger partial charge is 0.317 e. The molecule has 0 aromatic carbocycles. The van der Waals surface area contributed by atoms with Crippen LogP contribution in [0.3, 0.4) is 0 Å². The molecule has 2 amide bonds. The number of urea groups is 1. The van der Waals surface area contributed by atoms with E-state index in [0.29, 0.717) is 38.7 Å². The first-order chi connectivity index (χ1) is 10.3. The van der Waals surface area contributed by atoms with Gasteiger partial charge in [-0.25, -0.2) is 19.4 Å². The SMILES string of the molecule is O=C(NCc1cccnc1-n1cncn1)N1CCOCC1. The van der Waals surface area contributed by atoms with Crippen LogP contribution in [-0.4, -0.2) is 57.0 Å². The van der Waals surface area contributed by atoms with Crippen LogP contribution in [0.15, 0.2) is 31.0 Å². The quantitative estimate of drug-likeness (QED) is 0.872. The second-order valence-electron chi connectivity index (χ2n) is 4.58. The van der Waals surface area contributed by atoms with E-state index in [4.69, 9.17) is 4.74 Å². The zero-order valence-electron chi connectivity index (χ0n) is 11.5. The van der Waals surface area contributed by atoms with Gasteiger partial charge in [-0.15, -0.1) is 0 Å². The normalized spacial score (nSPS) is 15.0. The van der Waals surface area contributed by atoms with Crippen molar-refractivity contribution in [2.45, 2.75) is 6.54 Å². The van der Waals surface area contributed by atoms with Crippen molar-refractivity contribution < 1.29 is 9.53 Å². The highest BCUT2D eigenvalue weighted by atomic mass is 16.5. The molecule has 2 aromatic heterocycles. The van der Waals surface area contributed by atoms with Gasteiger partial charge in [-0.1, -0.05) is 6.07 Å². The van der Waals surface area contributed by atoms with Crippen molar-refractivity contribution >= 4 is 6.03 Å². The van der Waals surface area contributed by atoms with Crippen LogP contribution in [0, 0.1) is 0 Å². The van der Waals surface area contributed by atoms with Crippen LogP contribution in [0.4, 0.5) is 4.79 Å². The minimum atomic E-state index is -0.0910. The highest BCUT2D eigenvalue weighted by Crippen LogP contribution is 2.09. The van der Waals surface area contributed by atoms with E-state index in [0.717, 1.165) is 5.56 Å². The molecule has 1 fully saturated rings. The maximum Gasteiger partial charge on any atom is 0.317 e. The molecule has 21 heavy (non-hydrogen) atoms. The molecule has 3 rings (SSSR count). The van der Waals surface area contributed by atoms with E-state index in [1.165, 1.54) is 6.33 Å². The molecule has 1 aliphatic heterocycles. The first-order valence-electron chi connectivity index (χ1n) is 6.74. The van der Waals surface area contributed by atoms with E-state index in [9.17, 15) is 4.79 Å². The summed E-state index contributed by atoms with van der Waals surface area (Å²) in [5, 5.41) is 6.97. The van der Waals surface area contributed by atoms with E-state index in [1.54, 1.807) is 22.1 Å². The fourth-order valence-corrected chi connectivity index (χ4v) is 2.14. The zero-order chi connectivity index (χ0) is 14.5. The average molecular weight is 288 g/mol. The number of hydrogen-bond donors (Lipinski definition) is 1. The lowest BCUT2D eigenvalue weighted by atomic mass is 10.2. The van der Waals surface area contributed by atoms with Crippen LogP contribution in [-0.2, 0) is 11.3 Å². The highest BCUT2D eigenvalue weighted by Gasteiger charge is 2.17. The van der Waals surface area contributed by atoms with Crippen LogP contribution in [0.2, 0.25) is 0 Å². The van der Waals surface area contributed by atoms with Crippen LogP contribution >= 0.6 is 0 Å². The molecule has 2 aromatic rings. The summed E-state index contributed by atoms with van der Waals surface area (Å²) in [6.07, 6.45) is 4.71. The fourth-order valence-electron chi connectivity index (χ4n) is 2.14. The van der Waals surface area contributed by atoms with Gasteiger partial charge in [0, 0.05) is 31.4 Å². The zero-order valence-corrected chi connectivity index (χ0v) is 11.5. The summed E-state index contributed by atoms with van der Waals surface area (Å²) in [6.45, 7) is 2.80. The molecule has 0 spiro atoms. The number of carbonyl (C=O) groups is 1. The van der Waals surface area contributed by atoms with E-state index in [2.05, 4.69) is 20.4 Å². The topological polar surface area (TPSA) is 85.2 Å². The second kappa shape index (κ2) is 6.31. The number of nitrogens with one attached hydrogen (secondary N) is 1. The molecule has 0 saturated carbocycles. The molecular weight excluding hydrogens is 272 g/mol. The van der Waals surface area contributed by atoms with Crippen molar-refractivity contribution in [2.24, 2.45) is 0 Å². The standard InChI is InChI=1S/C13H16N6O2/c20-13(18-4-6-21-7-5-18)16-8-11-2-1-3-15-12(11)19-10-14-9-17-19/h1-3,9-10H,4-8H2,(H,16,20). The fraction of sp³-hybridized carbons (Fsp3) is 0.385. The van der Waals surface area contributed by atoms with Gasteiger partial charge in [0.2, 0.25) is 0 Å². The molecule has 1 N–H and O–H groups in total. The monoisotopic (exact) mass is 288 g/mol. The van der Waals surface area contributed by atoms with E-state index in [-0.39, 0.29) is 6.03 Å². The maximum atomic E-state index is 12.1. The lowest BCUT2D eigenvalue weighted by Crippen LogP contribution is -2.46. The lowest BCUT2D eigenvalue weighted by molar-refractivity contribution is 0.0531. The van der Waals surface area contributed by atoms with Gasteiger partial charge in [0.05, 0.1) is 13.2 Å². The first-order valence-corrected chi connectivity index (χ1v) is 6.74. The summed E-state index contributed by atoms with van der Waals surface area (Å²) in [5.41, 5.74) is 0.879. The van der Waals surface area contributed by atoms with Crippen LogP contribution < -0.4 is 5.32 Å². The first kappa shape index (κ1) is 13.5. The second-order valence-corrected chi connectivity index (χ2v) is 4.58. The van der Waals surface area contributed by atoms with Crippen LogP contribution in [0.25, 0.3) is 5.82 Å².